The molecule has 1 aromatic carbocycles. The molecule has 7 heteroatoms. The van der Waals surface area contributed by atoms with E-state index >= 15 is 0 Å². The van der Waals surface area contributed by atoms with Crippen molar-refractivity contribution in [1.82, 2.24) is 9.97 Å². The van der Waals surface area contributed by atoms with Crippen molar-refractivity contribution in [3.8, 4) is 11.9 Å². The van der Waals surface area contributed by atoms with Gasteiger partial charge in [0.2, 0.25) is 5.82 Å². The van der Waals surface area contributed by atoms with E-state index in [4.69, 9.17) is 21.6 Å². The molecule has 0 aliphatic rings. The Hall–Kier alpha value is -2.39. The Morgan fingerprint density at radius 1 is 1.38 bits per heavy atom. The van der Waals surface area contributed by atoms with E-state index < -0.39 is 5.82 Å². The van der Waals surface area contributed by atoms with Gasteiger partial charge in [0.1, 0.15) is 12.4 Å². The van der Waals surface area contributed by atoms with E-state index in [-0.39, 0.29) is 23.4 Å². The van der Waals surface area contributed by atoms with Crippen molar-refractivity contribution in [2.24, 2.45) is 0 Å². The number of benzene rings is 1. The third-order valence-corrected chi connectivity index (χ3v) is 2.70. The molecule has 1 N–H and O–H groups in total. The highest BCUT2D eigenvalue weighted by molar-refractivity contribution is 6.30. The average Bonchev–Trinajstić information content (AvgIpc) is 2.44. The minimum absolute atomic E-state index is 0.0699. The maximum Gasteiger partial charge on any atom is 0.256 e. The molecule has 0 saturated heterocycles. The highest BCUT2D eigenvalue weighted by atomic mass is 35.5. The summed E-state index contributed by atoms with van der Waals surface area (Å²) in [5, 5.41) is 12.2. The molecule has 0 atom stereocenters. The third-order valence-electron chi connectivity index (χ3n) is 2.46. The maximum atomic E-state index is 14.2. The third kappa shape index (κ3) is 3.58. The zero-order valence-electron chi connectivity index (χ0n) is 11.4. The first kappa shape index (κ1) is 15.0. The van der Waals surface area contributed by atoms with Crippen molar-refractivity contribution in [1.29, 1.82) is 5.26 Å². The first-order chi connectivity index (χ1) is 10.0. The summed E-state index contributed by atoms with van der Waals surface area (Å²) in [5.41, 5.74) is 0.682. The summed E-state index contributed by atoms with van der Waals surface area (Å²) in [4.78, 5) is 7.56. The largest absolute Gasteiger partial charge is 0.473 e. The van der Waals surface area contributed by atoms with Crippen LogP contribution < -0.4 is 10.1 Å². The smallest absolute Gasteiger partial charge is 0.256 e. The molecule has 0 saturated carbocycles. The summed E-state index contributed by atoms with van der Waals surface area (Å²) < 4.78 is 19.5. The number of aromatic nitrogens is 2. The lowest BCUT2D eigenvalue weighted by Crippen LogP contribution is -2.10. The van der Waals surface area contributed by atoms with Gasteiger partial charge in [0.25, 0.3) is 5.88 Å². The molecule has 1 aromatic heterocycles. The predicted molar refractivity (Wildman–Crippen MR) is 77.2 cm³/mol. The van der Waals surface area contributed by atoms with E-state index in [1.54, 1.807) is 26.0 Å². The normalized spacial score (nSPS) is 10.3. The van der Waals surface area contributed by atoms with Crippen molar-refractivity contribution in [3.05, 3.63) is 40.9 Å². The van der Waals surface area contributed by atoms with Gasteiger partial charge in [0, 0.05) is 5.02 Å². The SMILES string of the molecule is CC(C)Oc1ncnc(Nc2ccc(Cl)cc2C#N)c1F. The van der Waals surface area contributed by atoms with E-state index in [2.05, 4.69) is 15.3 Å². The molecule has 0 aliphatic carbocycles. The first-order valence-electron chi connectivity index (χ1n) is 6.15. The van der Waals surface area contributed by atoms with Gasteiger partial charge in [-0.05, 0) is 32.0 Å². The van der Waals surface area contributed by atoms with Gasteiger partial charge < -0.3 is 10.1 Å². The fourth-order valence-electron chi connectivity index (χ4n) is 1.59. The van der Waals surface area contributed by atoms with Crippen molar-refractivity contribution < 1.29 is 9.13 Å². The zero-order chi connectivity index (χ0) is 15.4. The molecule has 0 spiro atoms. The molecule has 2 aromatic rings. The lowest BCUT2D eigenvalue weighted by atomic mass is 10.2. The molecular weight excluding hydrogens is 295 g/mol. The minimum atomic E-state index is -0.718. The Bertz CT molecular complexity index is 700. The van der Waals surface area contributed by atoms with Crippen molar-refractivity contribution in [3.63, 3.8) is 0 Å². The summed E-state index contributed by atoms with van der Waals surface area (Å²) in [5.74, 6) is -0.931. The topological polar surface area (TPSA) is 70.8 Å². The standard InChI is InChI=1S/C14H12ClFN4O/c1-8(2)21-14-12(16)13(18-7-19-14)20-11-4-3-10(15)5-9(11)6-17/h3-5,7-8H,1-2H3,(H,18,19,20). The van der Waals surface area contributed by atoms with E-state index in [0.717, 1.165) is 0 Å². The second kappa shape index (κ2) is 6.37. The molecule has 0 fully saturated rings. The fourth-order valence-corrected chi connectivity index (χ4v) is 1.76. The number of anilines is 2. The molecule has 0 aliphatic heterocycles. The molecule has 2 rings (SSSR count). The van der Waals surface area contributed by atoms with Crippen LogP contribution in [0.15, 0.2) is 24.5 Å². The van der Waals surface area contributed by atoms with Crippen LogP contribution in [0.2, 0.25) is 5.02 Å². The van der Waals surface area contributed by atoms with E-state index in [9.17, 15) is 4.39 Å². The summed E-state index contributed by atoms with van der Waals surface area (Å²) in [6.07, 6.45) is 0.970. The summed E-state index contributed by atoms with van der Waals surface area (Å²) in [7, 11) is 0. The van der Waals surface area contributed by atoms with Crippen LogP contribution in [0.5, 0.6) is 5.88 Å². The average molecular weight is 307 g/mol. The van der Waals surface area contributed by atoms with Crippen LogP contribution in [0.3, 0.4) is 0 Å². The van der Waals surface area contributed by atoms with Gasteiger partial charge in [-0.2, -0.15) is 14.6 Å². The molecule has 0 unspecified atom stereocenters. The predicted octanol–water partition coefficient (Wildman–Crippen LogP) is 3.67. The number of rotatable bonds is 4. The number of halogens is 2. The molecule has 21 heavy (non-hydrogen) atoms. The zero-order valence-corrected chi connectivity index (χ0v) is 12.1. The van der Waals surface area contributed by atoms with Crippen LogP contribution in [0.25, 0.3) is 0 Å². The van der Waals surface area contributed by atoms with E-state index in [0.29, 0.717) is 10.7 Å². The molecule has 0 amide bonds. The van der Waals surface area contributed by atoms with Crippen molar-refractivity contribution in [2.75, 3.05) is 5.32 Å². The van der Waals surface area contributed by atoms with Crippen LogP contribution in [-0.4, -0.2) is 16.1 Å². The second-order valence-electron chi connectivity index (χ2n) is 4.43. The lowest BCUT2D eigenvalue weighted by molar-refractivity contribution is 0.220. The lowest BCUT2D eigenvalue weighted by Gasteiger charge is -2.12. The number of ether oxygens (including phenoxy) is 1. The molecule has 1 heterocycles. The molecule has 0 radical (unpaired) electrons. The van der Waals surface area contributed by atoms with Crippen molar-refractivity contribution >= 4 is 23.1 Å². The van der Waals surface area contributed by atoms with Crippen LogP contribution >= 0.6 is 11.6 Å². The van der Waals surface area contributed by atoms with Crippen LogP contribution in [0, 0.1) is 17.1 Å². The molecule has 108 valence electrons. The molecular formula is C14H12ClFN4O. The quantitative estimate of drug-likeness (QED) is 0.933. The highest BCUT2D eigenvalue weighted by Gasteiger charge is 2.15. The minimum Gasteiger partial charge on any atom is -0.473 e. The Balaban J connectivity index is 2.34. The number of nitriles is 1. The van der Waals surface area contributed by atoms with Gasteiger partial charge in [-0.3, -0.25) is 0 Å². The maximum absolute atomic E-state index is 14.2. The number of hydrogen-bond acceptors (Lipinski definition) is 5. The second-order valence-corrected chi connectivity index (χ2v) is 4.87. The van der Waals surface area contributed by atoms with Gasteiger partial charge in [-0.25, -0.2) is 4.98 Å². The molecule has 0 bridgehead atoms. The number of hydrogen-bond donors (Lipinski definition) is 1. The number of nitrogens with one attached hydrogen (secondary N) is 1. The van der Waals surface area contributed by atoms with Gasteiger partial charge >= 0.3 is 0 Å². The Morgan fingerprint density at radius 3 is 2.81 bits per heavy atom. The Morgan fingerprint density at radius 2 is 2.14 bits per heavy atom. The number of nitrogens with zero attached hydrogens (tertiary/aromatic N) is 3. The van der Waals surface area contributed by atoms with Gasteiger partial charge in [0.15, 0.2) is 5.82 Å². The highest BCUT2D eigenvalue weighted by Crippen LogP contribution is 2.26. The van der Waals surface area contributed by atoms with Gasteiger partial charge in [0.05, 0.1) is 17.4 Å². The van der Waals surface area contributed by atoms with Gasteiger partial charge in [-0.1, -0.05) is 11.6 Å². The van der Waals surface area contributed by atoms with Gasteiger partial charge in [-0.15, -0.1) is 0 Å². The summed E-state index contributed by atoms with van der Waals surface area (Å²) in [6.45, 7) is 3.53. The van der Waals surface area contributed by atoms with Crippen molar-refractivity contribution in [2.45, 2.75) is 20.0 Å². The summed E-state index contributed by atoms with van der Waals surface area (Å²) in [6, 6.07) is 6.63. The van der Waals surface area contributed by atoms with E-state index in [1.807, 2.05) is 6.07 Å². The molecule has 5 nitrogen and oxygen atoms in total. The summed E-state index contributed by atoms with van der Waals surface area (Å²) >= 11 is 5.81. The first-order valence-corrected chi connectivity index (χ1v) is 6.53. The van der Waals surface area contributed by atoms with E-state index in [1.165, 1.54) is 12.4 Å². The van der Waals surface area contributed by atoms with Crippen LogP contribution in [0.4, 0.5) is 15.9 Å². The Kier molecular flexibility index (Phi) is 4.55. The van der Waals surface area contributed by atoms with Crippen LogP contribution in [-0.2, 0) is 0 Å². The fraction of sp³-hybridized carbons (Fsp3) is 0.214. The van der Waals surface area contributed by atoms with Crippen LogP contribution in [0.1, 0.15) is 19.4 Å². The monoisotopic (exact) mass is 306 g/mol. The Labute approximate surface area is 126 Å².